The minimum atomic E-state index is 0.251. The van der Waals surface area contributed by atoms with E-state index in [1.807, 2.05) is 6.92 Å². The van der Waals surface area contributed by atoms with Gasteiger partial charge in [-0.25, -0.2) is 5.84 Å². The molecular weight excluding hydrogens is 270 g/mol. The van der Waals surface area contributed by atoms with Gasteiger partial charge in [0.15, 0.2) is 0 Å². The number of anilines is 2. The van der Waals surface area contributed by atoms with E-state index in [1.54, 1.807) is 0 Å². The molecule has 1 aromatic heterocycles. The summed E-state index contributed by atoms with van der Waals surface area (Å²) in [5.41, 5.74) is 2.68. The molecule has 118 valence electrons. The van der Waals surface area contributed by atoms with Crippen molar-refractivity contribution in [2.75, 3.05) is 44.0 Å². The molecule has 0 atom stereocenters. The Balaban J connectivity index is 2.00. The standard InChI is InChI=1S/C13H25N7O/c1-4-21-12-17-10(16-11(18-12)19-14)15-9-13(2)5-7-20(3)8-6-13/h4-9,14H2,1-3H3,(H2,15,16,17,18,19). The van der Waals surface area contributed by atoms with Crippen LogP contribution in [-0.2, 0) is 0 Å². The Bertz CT molecular complexity index is 460. The molecule has 0 bridgehead atoms. The Kier molecular flexibility index (Phi) is 5.13. The van der Waals surface area contributed by atoms with Crippen molar-refractivity contribution in [1.82, 2.24) is 19.9 Å². The van der Waals surface area contributed by atoms with Crippen LogP contribution in [0.25, 0.3) is 0 Å². The highest BCUT2D eigenvalue weighted by Gasteiger charge is 2.28. The third-order valence-corrected chi connectivity index (χ3v) is 3.88. The molecule has 8 nitrogen and oxygen atoms in total. The summed E-state index contributed by atoms with van der Waals surface area (Å²) in [6.45, 7) is 7.73. The molecule has 1 aliphatic heterocycles. The third kappa shape index (κ3) is 4.40. The van der Waals surface area contributed by atoms with Gasteiger partial charge in [-0.2, -0.15) is 15.0 Å². The van der Waals surface area contributed by atoms with E-state index in [2.05, 4.69) is 44.6 Å². The van der Waals surface area contributed by atoms with Gasteiger partial charge < -0.3 is 15.0 Å². The van der Waals surface area contributed by atoms with Crippen LogP contribution in [0.5, 0.6) is 6.01 Å². The number of rotatable bonds is 6. The largest absolute Gasteiger partial charge is 0.464 e. The van der Waals surface area contributed by atoms with E-state index in [1.165, 1.54) is 0 Å². The highest BCUT2D eigenvalue weighted by atomic mass is 16.5. The lowest BCUT2D eigenvalue weighted by Gasteiger charge is -2.37. The fourth-order valence-electron chi connectivity index (χ4n) is 2.32. The van der Waals surface area contributed by atoms with Crippen LogP contribution >= 0.6 is 0 Å². The molecule has 4 N–H and O–H groups in total. The molecular formula is C13H25N7O. The predicted molar refractivity (Wildman–Crippen MR) is 82.1 cm³/mol. The number of hydrogen-bond donors (Lipinski definition) is 3. The second-order valence-electron chi connectivity index (χ2n) is 5.81. The first-order chi connectivity index (χ1) is 10.0. The first-order valence-corrected chi connectivity index (χ1v) is 7.32. The number of nitrogen functional groups attached to an aromatic ring is 1. The molecule has 0 aromatic carbocycles. The quantitative estimate of drug-likeness (QED) is 0.521. The van der Waals surface area contributed by atoms with Gasteiger partial charge in [-0.1, -0.05) is 6.92 Å². The van der Waals surface area contributed by atoms with Crippen molar-refractivity contribution >= 4 is 11.9 Å². The van der Waals surface area contributed by atoms with Crippen LogP contribution in [0.15, 0.2) is 0 Å². The summed E-state index contributed by atoms with van der Waals surface area (Å²) in [4.78, 5) is 14.8. The van der Waals surface area contributed by atoms with E-state index in [4.69, 9.17) is 10.6 Å². The van der Waals surface area contributed by atoms with Crippen LogP contribution in [0, 0.1) is 5.41 Å². The second-order valence-corrected chi connectivity index (χ2v) is 5.81. The average Bonchev–Trinajstić information content (AvgIpc) is 2.49. The third-order valence-electron chi connectivity index (χ3n) is 3.88. The van der Waals surface area contributed by atoms with E-state index in [-0.39, 0.29) is 11.4 Å². The molecule has 0 amide bonds. The predicted octanol–water partition coefficient (Wildman–Crippen LogP) is 0.700. The Hall–Kier alpha value is -1.67. The Morgan fingerprint density at radius 3 is 2.52 bits per heavy atom. The summed E-state index contributed by atoms with van der Waals surface area (Å²) in [6, 6.07) is 0.275. The van der Waals surface area contributed by atoms with Crippen molar-refractivity contribution in [2.45, 2.75) is 26.7 Å². The number of ether oxygens (including phenoxy) is 1. The molecule has 8 heteroatoms. The number of nitrogens with one attached hydrogen (secondary N) is 2. The molecule has 1 aromatic rings. The molecule has 21 heavy (non-hydrogen) atoms. The van der Waals surface area contributed by atoms with E-state index in [0.717, 1.165) is 32.5 Å². The Labute approximate surface area is 125 Å². The van der Waals surface area contributed by atoms with Gasteiger partial charge in [0.25, 0.3) is 0 Å². The fourth-order valence-corrected chi connectivity index (χ4v) is 2.32. The number of nitrogens with two attached hydrogens (primary N) is 1. The smallest absolute Gasteiger partial charge is 0.323 e. The van der Waals surface area contributed by atoms with E-state index in [0.29, 0.717) is 18.5 Å². The van der Waals surface area contributed by atoms with Gasteiger partial charge >= 0.3 is 6.01 Å². The maximum Gasteiger partial charge on any atom is 0.323 e. The van der Waals surface area contributed by atoms with Gasteiger partial charge in [0, 0.05) is 6.54 Å². The van der Waals surface area contributed by atoms with Crippen molar-refractivity contribution in [3.8, 4) is 6.01 Å². The van der Waals surface area contributed by atoms with Crippen LogP contribution in [0.3, 0.4) is 0 Å². The van der Waals surface area contributed by atoms with Gasteiger partial charge in [0.05, 0.1) is 6.61 Å². The van der Waals surface area contributed by atoms with Crippen molar-refractivity contribution < 1.29 is 4.74 Å². The number of hydrazine groups is 1. The zero-order valence-corrected chi connectivity index (χ0v) is 13.0. The van der Waals surface area contributed by atoms with Crippen molar-refractivity contribution in [1.29, 1.82) is 0 Å². The minimum Gasteiger partial charge on any atom is -0.464 e. The van der Waals surface area contributed by atoms with Gasteiger partial charge in [-0.05, 0) is 45.3 Å². The van der Waals surface area contributed by atoms with Crippen LogP contribution in [-0.4, -0.2) is 53.1 Å². The number of piperidine rings is 1. The summed E-state index contributed by atoms with van der Waals surface area (Å²) in [7, 11) is 2.16. The van der Waals surface area contributed by atoms with E-state index >= 15 is 0 Å². The highest BCUT2D eigenvalue weighted by Crippen LogP contribution is 2.30. The first kappa shape index (κ1) is 15.7. The Morgan fingerprint density at radius 1 is 1.24 bits per heavy atom. The van der Waals surface area contributed by atoms with Gasteiger partial charge in [0.1, 0.15) is 0 Å². The van der Waals surface area contributed by atoms with Crippen LogP contribution in [0.2, 0.25) is 0 Å². The molecule has 1 fully saturated rings. The molecule has 0 spiro atoms. The molecule has 0 aliphatic carbocycles. The molecule has 1 saturated heterocycles. The molecule has 2 rings (SSSR count). The Morgan fingerprint density at radius 2 is 1.90 bits per heavy atom. The number of nitrogens with zero attached hydrogens (tertiary/aromatic N) is 4. The first-order valence-electron chi connectivity index (χ1n) is 7.32. The highest BCUT2D eigenvalue weighted by molar-refractivity contribution is 5.35. The number of hydrogen-bond acceptors (Lipinski definition) is 8. The monoisotopic (exact) mass is 295 g/mol. The van der Waals surface area contributed by atoms with Gasteiger partial charge in [-0.3, -0.25) is 5.43 Å². The normalized spacial score (nSPS) is 18.3. The lowest BCUT2D eigenvalue weighted by atomic mass is 9.80. The SMILES string of the molecule is CCOc1nc(NN)nc(NCC2(C)CCN(C)CC2)n1. The molecule has 0 radical (unpaired) electrons. The lowest BCUT2D eigenvalue weighted by Crippen LogP contribution is -2.40. The van der Waals surface area contributed by atoms with Gasteiger partial charge in [-0.15, -0.1) is 0 Å². The average molecular weight is 295 g/mol. The van der Waals surface area contributed by atoms with Crippen molar-refractivity contribution in [3.63, 3.8) is 0 Å². The van der Waals surface area contributed by atoms with Crippen molar-refractivity contribution in [2.24, 2.45) is 11.3 Å². The van der Waals surface area contributed by atoms with Crippen LogP contribution in [0.4, 0.5) is 11.9 Å². The summed E-state index contributed by atoms with van der Waals surface area (Å²) in [6.07, 6.45) is 2.31. The summed E-state index contributed by atoms with van der Waals surface area (Å²) in [5, 5.41) is 3.29. The molecule has 0 unspecified atom stereocenters. The van der Waals surface area contributed by atoms with E-state index in [9.17, 15) is 0 Å². The maximum atomic E-state index is 5.37. The second kappa shape index (κ2) is 6.86. The van der Waals surface area contributed by atoms with Crippen LogP contribution in [0.1, 0.15) is 26.7 Å². The number of likely N-dealkylation sites (tertiary alicyclic amines) is 1. The molecule has 0 saturated carbocycles. The fraction of sp³-hybridized carbons (Fsp3) is 0.769. The number of aromatic nitrogens is 3. The lowest BCUT2D eigenvalue weighted by molar-refractivity contribution is 0.150. The molecule has 1 aliphatic rings. The maximum absolute atomic E-state index is 5.37. The summed E-state index contributed by atoms with van der Waals surface area (Å²) < 4.78 is 5.32. The zero-order chi connectivity index (χ0) is 15.3. The van der Waals surface area contributed by atoms with Crippen LogP contribution < -0.4 is 21.3 Å². The molecule has 2 heterocycles. The summed E-state index contributed by atoms with van der Waals surface area (Å²) in [5.74, 6) is 6.16. The van der Waals surface area contributed by atoms with E-state index < -0.39 is 0 Å². The van der Waals surface area contributed by atoms with Gasteiger partial charge in [0.2, 0.25) is 11.9 Å². The zero-order valence-electron chi connectivity index (χ0n) is 13.0. The minimum absolute atomic E-state index is 0.251. The topological polar surface area (TPSA) is 101 Å². The summed E-state index contributed by atoms with van der Waals surface area (Å²) >= 11 is 0. The van der Waals surface area contributed by atoms with Crippen molar-refractivity contribution in [3.05, 3.63) is 0 Å².